The first kappa shape index (κ1) is 18.0. The molecule has 0 saturated carbocycles. The summed E-state index contributed by atoms with van der Waals surface area (Å²) in [6.07, 6.45) is 0. The van der Waals surface area contributed by atoms with Crippen LogP contribution in [0.1, 0.15) is 35.8 Å². The first-order valence-electron chi connectivity index (χ1n) is 9.22. The number of fused-ring (bicyclic) bond motifs is 2. The summed E-state index contributed by atoms with van der Waals surface area (Å²) < 4.78 is 5.84. The zero-order valence-corrected chi connectivity index (χ0v) is 16.0. The second-order valence-corrected chi connectivity index (χ2v) is 7.11. The van der Waals surface area contributed by atoms with Crippen LogP contribution in [0.25, 0.3) is 21.9 Å². The molecule has 2 aromatic carbocycles. The average molecular weight is 375 g/mol. The van der Waals surface area contributed by atoms with Crippen molar-refractivity contribution in [2.75, 3.05) is 0 Å². The number of nitrogens with one attached hydrogen (secondary N) is 1. The van der Waals surface area contributed by atoms with Gasteiger partial charge in [-0.25, -0.2) is 4.98 Å². The molecule has 28 heavy (non-hydrogen) atoms. The molecule has 1 amide bonds. The van der Waals surface area contributed by atoms with Gasteiger partial charge in [-0.15, -0.1) is 0 Å². The van der Waals surface area contributed by atoms with Crippen molar-refractivity contribution in [3.8, 4) is 0 Å². The summed E-state index contributed by atoms with van der Waals surface area (Å²) in [6, 6.07) is 14.6. The number of aromatic amines is 1. The summed E-state index contributed by atoms with van der Waals surface area (Å²) in [6.45, 7) is 5.92. The number of furan rings is 1. The van der Waals surface area contributed by atoms with Crippen molar-refractivity contribution < 1.29 is 9.21 Å². The second kappa shape index (κ2) is 6.96. The van der Waals surface area contributed by atoms with E-state index in [2.05, 4.69) is 9.97 Å². The van der Waals surface area contributed by atoms with E-state index in [1.54, 1.807) is 23.1 Å². The number of amides is 1. The van der Waals surface area contributed by atoms with E-state index in [4.69, 9.17) is 4.42 Å². The predicted octanol–water partition coefficient (Wildman–Crippen LogP) is 4.03. The Bertz CT molecular complexity index is 1240. The van der Waals surface area contributed by atoms with Crippen LogP contribution in [0.2, 0.25) is 0 Å². The van der Waals surface area contributed by atoms with Crippen LogP contribution in [0, 0.1) is 6.92 Å². The minimum absolute atomic E-state index is 0.100. The monoisotopic (exact) mass is 375 g/mol. The van der Waals surface area contributed by atoms with Crippen molar-refractivity contribution in [2.24, 2.45) is 0 Å². The molecular weight excluding hydrogens is 354 g/mol. The minimum atomic E-state index is -0.223. The van der Waals surface area contributed by atoms with E-state index >= 15 is 0 Å². The molecule has 6 heteroatoms. The third-order valence-electron chi connectivity index (χ3n) is 4.90. The number of hydrogen-bond donors (Lipinski definition) is 1. The summed E-state index contributed by atoms with van der Waals surface area (Å²) in [5.74, 6) is 0.539. The van der Waals surface area contributed by atoms with Crippen LogP contribution in [0.15, 0.2) is 57.7 Å². The number of hydrogen-bond acceptors (Lipinski definition) is 4. The standard InChI is InChI=1S/C22H21N3O3/c1-13(2)25(12-19-23-17-10-6-4-9-16(17)21(26)24-19)22(27)20-14(3)15-8-5-7-11-18(15)28-20/h4-11,13H,12H2,1-3H3,(H,23,24,26). The van der Waals surface area contributed by atoms with Crippen molar-refractivity contribution in [1.82, 2.24) is 14.9 Å². The smallest absolute Gasteiger partial charge is 0.290 e. The lowest BCUT2D eigenvalue weighted by Gasteiger charge is -2.25. The first-order chi connectivity index (χ1) is 13.5. The largest absolute Gasteiger partial charge is 0.451 e. The lowest BCUT2D eigenvalue weighted by Crippen LogP contribution is -2.37. The highest BCUT2D eigenvalue weighted by atomic mass is 16.3. The molecule has 1 N–H and O–H groups in total. The normalized spacial score (nSPS) is 11.4. The Morgan fingerprint density at radius 3 is 2.50 bits per heavy atom. The number of benzene rings is 2. The van der Waals surface area contributed by atoms with E-state index in [1.165, 1.54) is 0 Å². The first-order valence-corrected chi connectivity index (χ1v) is 9.22. The summed E-state index contributed by atoms with van der Waals surface area (Å²) in [7, 11) is 0. The highest BCUT2D eigenvalue weighted by molar-refractivity contribution is 5.99. The molecule has 0 aliphatic carbocycles. The summed E-state index contributed by atoms with van der Waals surface area (Å²) in [5, 5.41) is 1.45. The third-order valence-corrected chi connectivity index (χ3v) is 4.90. The number of carbonyl (C=O) groups is 1. The van der Waals surface area contributed by atoms with Crippen LogP contribution < -0.4 is 5.56 Å². The molecule has 4 rings (SSSR count). The fourth-order valence-electron chi connectivity index (χ4n) is 3.37. The Kier molecular flexibility index (Phi) is 4.47. The number of aromatic nitrogens is 2. The number of aryl methyl sites for hydroxylation is 1. The van der Waals surface area contributed by atoms with E-state index in [0.29, 0.717) is 28.1 Å². The van der Waals surface area contributed by atoms with Gasteiger partial charge in [0.15, 0.2) is 5.76 Å². The van der Waals surface area contributed by atoms with Crippen molar-refractivity contribution in [3.05, 3.63) is 76.0 Å². The Balaban J connectivity index is 1.72. The van der Waals surface area contributed by atoms with Gasteiger partial charge in [-0.2, -0.15) is 0 Å². The van der Waals surface area contributed by atoms with Gasteiger partial charge in [0.1, 0.15) is 11.4 Å². The van der Waals surface area contributed by atoms with Crippen LogP contribution in [-0.4, -0.2) is 26.8 Å². The molecule has 0 saturated heterocycles. The summed E-state index contributed by atoms with van der Waals surface area (Å²) >= 11 is 0. The maximum atomic E-state index is 13.2. The summed E-state index contributed by atoms with van der Waals surface area (Å²) in [5.41, 5.74) is 1.89. The van der Waals surface area contributed by atoms with Gasteiger partial charge in [-0.1, -0.05) is 30.3 Å². The third kappa shape index (κ3) is 3.07. The van der Waals surface area contributed by atoms with E-state index in [-0.39, 0.29) is 24.1 Å². The highest BCUT2D eigenvalue weighted by Gasteiger charge is 2.26. The molecule has 0 spiro atoms. The molecule has 0 aliphatic rings. The molecule has 6 nitrogen and oxygen atoms in total. The van der Waals surface area contributed by atoms with Crippen LogP contribution in [0.5, 0.6) is 0 Å². The molecule has 0 unspecified atom stereocenters. The molecule has 0 fully saturated rings. The summed E-state index contributed by atoms with van der Waals surface area (Å²) in [4.78, 5) is 34.5. The number of nitrogens with zero attached hydrogens (tertiary/aromatic N) is 2. The Hall–Kier alpha value is -3.41. The quantitative estimate of drug-likeness (QED) is 0.584. The van der Waals surface area contributed by atoms with Crippen LogP contribution in [0.4, 0.5) is 0 Å². The van der Waals surface area contributed by atoms with Crippen LogP contribution in [-0.2, 0) is 6.54 Å². The van der Waals surface area contributed by atoms with Gasteiger partial charge < -0.3 is 14.3 Å². The van der Waals surface area contributed by atoms with E-state index < -0.39 is 0 Å². The van der Waals surface area contributed by atoms with Crippen molar-refractivity contribution in [3.63, 3.8) is 0 Å². The van der Waals surface area contributed by atoms with Gasteiger partial charge in [0.05, 0.1) is 17.4 Å². The number of rotatable bonds is 4. The Labute approximate surface area is 161 Å². The Morgan fingerprint density at radius 2 is 1.79 bits per heavy atom. The predicted molar refractivity (Wildman–Crippen MR) is 108 cm³/mol. The molecule has 2 aromatic heterocycles. The average Bonchev–Trinajstić information content (AvgIpc) is 3.02. The Morgan fingerprint density at radius 1 is 1.11 bits per heavy atom. The van der Waals surface area contributed by atoms with Gasteiger partial charge in [-0.3, -0.25) is 9.59 Å². The van der Waals surface area contributed by atoms with Gasteiger partial charge >= 0.3 is 0 Å². The van der Waals surface area contributed by atoms with E-state index in [9.17, 15) is 9.59 Å². The van der Waals surface area contributed by atoms with Gasteiger partial charge in [-0.05, 0) is 39.0 Å². The molecule has 2 heterocycles. The fourth-order valence-corrected chi connectivity index (χ4v) is 3.37. The number of para-hydroxylation sites is 2. The van der Waals surface area contributed by atoms with Gasteiger partial charge in [0.2, 0.25) is 0 Å². The SMILES string of the molecule is Cc1c(C(=O)N(Cc2nc3ccccc3c(=O)[nH]2)C(C)C)oc2ccccc12. The van der Waals surface area contributed by atoms with E-state index in [1.807, 2.05) is 51.1 Å². The molecular formula is C22H21N3O3. The zero-order valence-electron chi connectivity index (χ0n) is 16.0. The zero-order chi connectivity index (χ0) is 19.8. The number of H-pyrrole nitrogens is 1. The lowest BCUT2D eigenvalue weighted by molar-refractivity contribution is 0.0653. The van der Waals surface area contributed by atoms with Crippen molar-refractivity contribution in [2.45, 2.75) is 33.4 Å². The van der Waals surface area contributed by atoms with Crippen LogP contribution in [0.3, 0.4) is 0 Å². The maximum Gasteiger partial charge on any atom is 0.290 e. The highest BCUT2D eigenvalue weighted by Crippen LogP contribution is 2.26. The maximum absolute atomic E-state index is 13.2. The molecule has 142 valence electrons. The van der Waals surface area contributed by atoms with E-state index in [0.717, 1.165) is 10.9 Å². The molecule has 0 radical (unpaired) electrons. The topological polar surface area (TPSA) is 79.2 Å². The molecule has 4 aromatic rings. The molecule has 0 bridgehead atoms. The second-order valence-electron chi connectivity index (χ2n) is 7.11. The van der Waals surface area contributed by atoms with Crippen molar-refractivity contribution in [1.29, 1.82) is 0 Å². The van der Waals surface area contributed by atoms with Crippen LogP contribution >= 0.6 is 0 Å². The lowest BCUT2D eigenvalue weighted by atomic mass is 10.1. The van der Waals surface area contributed by atoms with Crippen molar-refractivity contribution >= 4 is 27.8 Å². The fraction of sp³-hybridized carbons (Fsp3) is 0.227. The van der Waals surface area contributed by atoms with Gasteiger partial charge in [0.25, 0.3) is 11.5 Å². The van der Waals surface area contributed by atoms with Gasteiger partial charge in [0, 0.05) is 17.0 Å². The molecule has 0 atom stereocenters. The minimum Gasteiger partial charge on any atom is -0.451 e. The number of carbonyl (C=O) groups excluding carboxylic acids is 1. The molecule has 0 aliphatic heterocycles.